The number of halogens is 1. The van der Waals surface area contributed by atoms with Crippen LogP contribution in [-0.4, -0.2) is 69.6 Å². The van der Waals surface area contributed by atoms with Crippen molar-refractivity contribution in [1.82, 2.24) is 10.2 Å². The average molecular weight is 560 g/mol. The predicted molar refractivity (Wildman–Crippen MR) is 141 cm³/mol. The van der Waals surface area contributed by atoms with Gasteiger partial charge >= 0.3 is 0 Å². The number of hydrogen-bond acceptors (Lipinski definition) is 4. The monoisotopic (exact) mass is 559 g/mol. The van der Waals surface area contributed by atoms with Crippen LogP contribution in [0.15, 0.2) is 29.3 Å². The van der Waals surface area contributed by atoms with Crippen LogP contribution in [-0.2, 0) is 15.9 Å². The third kappa shape index (κ3) is 9.43. The largest absolute Gasteiger partial charge is 0.493 e. The maximum Gasteiger partial charge on any atom is 0.193 e. The van der Waals surface area contributed by atoms with Gasteiger partial charge in [0, 0.05) is 33.3 Å². The number of likely N-dealkylation sites (tertiary alicyclic amines) is 1. The Hall–Kier alpha value is -1.06. The molecule has 32 heavy (non-hydrogen) atoms. The summed E-state index contributed by atoms with van der Waals surface area (Å²) in [5.74, 6) is 2.48. The Morgan fingerprint density at radius 3 is 2.53 bits per heavy atom. The summed E-state index contributed by atoms with van der Waals surface area (Å²) in [5.41, 5.74) is 1.30. The Morgan fingerprint density at radius 2 is 1.91 bits per heavy atom. The van der Waals surface area contributed by atoms with Gasteiger partial charge in [-0.05, 0) is 62.1 Å². The average Bonchev–Trinajstić information content (AvgIpc) is 2.81. The van der Waals surface area contributed by atoms with Gasteiger partial charge in [0.05, 0.1) is 25.4 Å². The molecule has 2 heterocycles. The molecule has 0 amide bonds. The molecular formula is C25H42IN3O3. The van der Waals surface area contributed by atoms with E-state index >= 15 is 0 Å². The van der Waals surface area contributed by atoms with Crippen LogP contribution in [0, 0.1) is 5.92 Å². The molecule has 1 atom stereocenters. The molecule has 2 fully saturated rings. The molecule has 0 saturated carbocycles. The number of benzene rings is 1. The first kappa shape index (κ1) is 27.2. The van der Waals surface area contributed by atoms with Gasteiger partial charge in [-0.25, -0.2) is 0 Å². The first-order valence-electron chi connectivity index (χ1n) is 12.0. The summed E-state index contributed by atoms with van der Waals surface area (Å²) >= 11 is 0. The summed E-state index contributed by atoms with van der Waals surface area (Å²) in [6.45, 7) is 9.56. The normalized spacial score (nSPS) is 20.2. The molecule has 0 spiro atoms. The molecule has 182 valence electrons. The summed E-state index contributed by atoms with van der Waals surface area (Å²) in [6.07, 6.45) is 7.31. The van der Waals surface area contributed by atoms with Gasteiger partial charge in [-0.3, -0.25) is 4.99 Å². The first-order valence-corrected chi connectivity index (χ1v) is 12.0. The smallest absolute Gasteiger partial charge is 0.193 e. The van der Waals surface area contributed by atoms with Crippen LogP contribution in [0.2, 0.25) is 0 Å². The highest BCUT2D eigenvalue weighted by molar-refractivity contribution is 14.0. The van der Waals surface area contributed by atoms with E-state index in [0.29, 0.717) is 18.1 Å². The van der Waals surface area contributed by atoms with Crippen LogP contribution in [0.5, 0.6) is 5.75 Å². The Labute approximate surface area is 211 Å². The molecule has 3 rings (SSSR count). The maximum absolute atomic E-state index is 6.14. The van der Waals surface area contributed by atoms with Crippen molar-refractivity contribution in [3.8, 4) is 5.75 Å². The van der Waals surface area contributed by atoms with Gasteiger partial charge in [0.1, 0.15) is 5.75 Å². The number of aliphatic imine (C=N–C) groups is 1. The molecule has 2 aliphatic rings. The third-order valence-electron chi connectivity index (χ3n) is 5.95. The summed E-state index contributed by atoms with van der Waals surface area (Å²) in [7, 11) is 1.87. The second-order valence-corrected chi connectivity index (χ2v) is 9.08. The molecule has 0 aliphatic carbocycles. The van der Waals surface area contributed by atoms with Crippen molar-refractivity contribution in [2.24, 2.45) is 10.9 Å². The highest BCUT2D eigenvalue weighted by Gasteiger charge is 2.23. The topological polar surface area (TPSA) is 55.3 Å². The standard InChI is InChI=1S/C25H41N3O3.HI/c1-20(2)18-30-22-9-7-21(8-10-22)11-14-27-25(26-3)28-15-12-23(13-16-28)31-19-24-6-4-5-17-29-24;/h7-10,20,23-24H,4-6,11-19H2,1-3H3,(H,26,27);1H. The molecular weight excluding hydrogens is 517 g/mol. The Kier molecular flexibility index (Phi) is 12.7. The Morgan fingerprint density at radius 1 is 1.16 bits per heavy atom. The van der Waals surface area contributed by atoms with E-state index in [4.69, 9.17) is 14.2 Å². The van der Waals surface area contributed by atoms with Crippen molar-refractivity contribution in [2.45, 2.75) is 64.6 Å². The zero-order chi connectivity index (χ0) is 21.9. The van der Waals surface area contributed by atoms with Crippen molar-refractivity contribution in [3.05, 3.63) is 29.8 Å². The van der Waals surface area contributed by atoms with E-state index in [0.717, 1.165) is 76.8 Å². The summed E-state index contributed by atoms with van der Waals surface area (Å²) in [5, 5.41) is 3.52. The van der Waals surface area contributed by atoms with E-state index in [1.54, 1.807) is 0 Å². The molecule has 0 radical (unpaired) electrons. The van der Waals surface area contributed by atoms with Crippen molar-refractivity contribution in [3.63, 3.8) is 0 Å². The summed E-state index contributed by atoms with van der Waals surface area (Å²) in [6, 6.07) is 8.43. The van der Waals surface area contributed by atoms with Gasteiger partial charge in [-0.1, -0.05) is 26.0 Å². The first-order chi connectivity index (χ1) is 15.1. The SMILES string of the molecule is CN=C(NCCc1ccc(OCC(C)C)cc1)N1CCC(OCC2CCCCO2)CC1.I. The van der Waals surface area contributed by atoms with E-state index in [2.05, 4.69) is 53.3 Å². The van der Waals surface area contributed by atoms with Gasteiger partial charge in [0.2, 0.25) is 0 Å². The summed E-state index contributed by atoms with van der Waals surface area (Å²) < 4.78 is 17.7. The van der Waals surface area contributed by atoms with Gasteiger partial charge < -0.3 is 24.4 Å². The molecule has 6 nitrogen and oxygen atoms in total. The predicted octanol–water partition coefficient (Wildman–Crippen LogP) is 4.51. The number of guanidine groups is 1. The fourth-order valence-corrected chi connectivity index (χ4v) is 4.08. The van der Waals surface area contributed by atoms with Crippen LogP contribution < -0.4 is 10.1 Å². The second kappa shape index (κ2) is 15.0. The van der Waals surface area contributed by atoms with Crippen LogP contribution in [0.4, 0.5) is 0 Å². The minimum atomic E-state index is 0. The molecule has 0 aromatic heterocycles. The Bertz CT molecular complexity index is 655. The summed E-state index contributed by atoms with van der Waals surface area (Å²) in [4.78, 5) is 6.84. The zero-order valence-electron chi connectivity index (χ0n) is 20.1. The third-order valence-corrected chi connectivity index (χ3v) is 5.95. The number of rotatable bonds is 9. The Balaban J connectivity index is 0.00000363. The molecule has 1 unspecified atom stereocenters. The minimum Gasteiger partial charge on any atom is -0.493 e. The van der Waals surface area contributed by atoms with E-state index in [1.807, 2.05) is 7.05 Å². The maximum atomic E-state index is 6.14. The second-order valence-electron chi connectivity index (χ2n) is 9.08. The van der Waals surface area contributed by atoms with Crippen LogP contribution >= 0.6 is 24.0 Å². The number of piperidine rings is 1. The van der Waals surface area contributed by atoms with E-state index in [1.165, 1.54) is 18.4 Å². The molecule has 1 N–H and O–H groups in total. The van der Waals surface area contributed by atoms with Crippen LogP contribution in [0.25, 0.3) is 0 Å². The molecule has 1 aromatic carbocycles. The van der Waals surface area contributed by atoms with Crippen molar-refractivity contribution >= 4 is 29.9 Å². The van der Waals surface area contributed by atoms with Gasteiger partial charge in [-0.15, -0.1) is 24.0 Å². The van der Waals surface area contributed by atoms with Gasteiger partial charge in [0.15, 0.2) is 5.96 Å². The lowest BCUT2D eigenvalue weighted by molar-refractivity contribution is -0.0721. The lowest BCUT2D eigenvalue weighted by Gasteiger charge is -2.35. The van der Waals surface area contributed by atoms with E-state index in [9.17, 15) is 0 Å². The quantitative estimate of drug-likeness (QED) is 0.274. The fourth-order valence-electron chi connectivity index (χ4n) is 4.08. The minimum absolute atomic E-state index is 0. The number of nitrogens with zero attached hydrogens (tertiary/aromatic N) is 2. The lowest BCUT2D eigenvalue weighted by Crippen LogP contribution is -2.47. The van der Waals surface area contributed by atoms with Crippen LogP contribution in [0.3, 0.4) is 0 Å². The van der Waals surface area contributed by atoms with Crippen molar-refractivity contribution in [2.75, 3.05) is 46.5 Å². The fraction of sp³-hybridized carbons (Fsp3) is 0.720. The zero-order valence-corrected chi connectivity index (χ0v) is 22.4. The molecule has 7 heteroatoms. The van der Waals surface area contributed by atoms with Crippen molar-refractivity contribution in [1.29, 1.82) is 0 Å². The highest BCUT2D eigenvalue weighted by atomic mass is 127. The van der Waals surface area contributed by atoms with Crippen LogP contribution in [0.1, 0.15) is 51.5 Å². The van der Waals surface area contributed by atoms with Gasteiger partial charge in [-0.2, -0.15) is 0 Å². The van der Waals surface area contributed by atoms with Gasteiger partial charge in [0.25, 0.3) is 0 Å². The number of hydrogen-bond donors (Lipinski definition) is 1. The molecule has 0 bridgehead atoms. The highest BCUT2D eigenvalue weighted by Crippen LogP contribution is 2.18. The molecule has 2 saturated heterocycles. The lowest BCUT2D eigenvalue weighted by atomic mass is 10.1. The number of ether oxygens (including phenoxy) is 3. The molecule has 2 aliphatic heterocycles. The van der Waals surface area contributed by atoms with Crippen molar-refractivity contribution < 1.29 is 14.2 Å². The number of nitrogens with one attached hydrogen (secondary N) is 1. The van der Waals surface area contributed by atoms with E-state index < -0.39 is 0 Å². The molecule has 1 aromatic rings. The van der Waals surface area contributed by atoms with E-state index in [-0.39, 0.29) is 24.0 Å².